The number of nitro groups is 1. The molecule has 32 heavy (non-hydrogen) atoms. The van der Waals surface area contributed by atoms with Gasteiger partial charge in [0, 0.05) is 24.7 Å². The van der Waals surface area contributed by atoms with E-state index in [4.69, 9.17) is 4.74 Å². The van der Waals surface area contributed by atoms with Gasteiger partial charge in [-0.2, -0.15) is 4.31 Å². The highest BCUT2D eigenvalue weighted by atomic mass is 32.2. The fourth-order valence-corrected chi connectivity index (χ4v) is 4.92. The first-order valence-corrected chi connectivity index (χ1v) is 11.8. The number of nitro benzene ring substituents is 1. The average Bonchev–Trinajstić information content (AvgIpc) is 2.78. The van der Waals surface area contributed by atoms with Gasteiger partial charge in [0.05, 0.1) is 16.2 Å². The van der Waals surface area contributed by atoms with Crippen LogP contribution < -0.4 is 0 Å². The van der Waals surface area contributed by atoms with E-state index in [1.54, 1.807) is 0 Å². The lowest BCUT2D eigenvalue weighted by molar-refractivity contribution is -0.384. The zero-order chi connectivity index (χ0) is 23.6. The Morgan fingerprint density at radius 3 is 2.41 bits per heavy atom. The third-order valence-corrected chi connectivity index (χ3v) is 6.84. The Morgan fingerprint density at radius 1 is 1.19 bits per heavy atom. The molecule has 0 heterocycles. The van der Waals surface area contributed by atoms with Crippen LogP contribution in [0.15, 0.2) is 72.1 Å². The first kappa shape index (κ1) is 25.2. The second-order valence-electron chi connectivity index (χ2n) is 7.24. The summed E-state index contributed by atoms with van der Waals surface area (Å²) in [5.74, 6) is -0.522. The van der Waals surface area contributed by atoms with E-state index in [-0.39, 0.29) is 30.2 Å². The lowest BCUT2D eigenvalue weighted by Crippen LogP contribution is -2.43. The van der Waals surface area contributed by atoms with E-state index in [9.17, 15) is 23.3 Å². The van der Waals surface area contributed by atoms with Crippen LogP contribution in [0.25, 0.3) is 0 Å². The van der Waals surface area contributed by atoms with Crippen molar-refractivity contribution in [3.8, 4) is 0 Å². The van der Waals surface area contributed by atoms with Crippen LogP contribution in [0.2, 0.25) is 0 Å². The number of benzene rings is 2. The van der Waals surface area contributed by atoms with E-state index >= 15 is 0 Å². The molecular weight excluding hydrogens is 432 g/mol. The van der Waals surface area contributed by atoms with Crippen molar-refractivity contribution in [1.29, 1.82) is 0 Å². The van der Waals surface area contributed by atoms with Gasteiger partial charge >= 0.3 is 5.97 Å². The monoisotopic (exact) mass is 460 g/mol. The van der Waals surface area contributed by atoms with Crippen LogP contribution in [0.5, 0.6) is 0 Å². The number of carbonyl (C=O) groups excluding carboxylic acids is 1. The Hall–Kier alpha value is -3.04. The minimum Gasteiger partial charge on any atom is -0.461 e. The van der Waals surface area contributed by atoms with Crippen LogP contribution in [-0.4, -0.2) is 42.8 Å². The minimum absolute atomic E-state index is 0.0426. The van der Waals surface area contributed by atoms with Gasteiger partial charge in [-0.05, 0) is 30.5 Å². The highest BCUT2D eigenvalue weighted by molar-refractivity contribution is 7.89. The van der Waals surface area contributed by atoms with Crippen LogP contribution in [-0.2, 0) is 26.0 Å². The van der Waals surface area contributed by atoms with E-state index in [1.807, 2.05) is 37.3 Å². The van der Waals surface area contributed by atoms with Crippen LogP contribution in [0, 0.1) is 10.1 Å². The molecule has 2 aromatic carbocycles. The maximum atomic E-state index is 13.5. The molecule has 0 fully saturated rings. The second-order valence-corrected chi connectivity index (χ2v) is 9.13. The highest BCUT2D eigenvalue weighted by Gasteiger charge is 2.33. The summed E-state index contributed by atoms with van der Waals surface area (Å²) >= 11 is 0. The molecule has 1 unspecified atom stereocenters. The SMILES string of the molecule is C=CCOC(=O)CC(Cc1ccccc1)N(CCCC)S(=O)(=O)c1ccc([N+](=O)[O-])cc1. The molecule has 0 aliphatic heterocycles. The molecule has 9 heteroatoms. The number of unbranched alkanes of at least 4 members (excludes halogenated alkanes) is 1. The van der Waals surface area contributed by atoms with Gasteiger partial charge in [-0.25, -0.2) is 8.42 Å². The first-order valence-electron chi connectivity index (χ1n) is 10.4. The van der Waals surface area contributed by atoms with E-state index in [0.29, 0.717) is 12.8 Å². The Balaban J connectivity index is 2.43. The molecule has 0 saturated heterocycles. The topological polar surface area (TPSA) is 107 Å². The quantitative estimate of drug-likeness (QED) is 0.193. The lowest BCUT2D eigenvalue weighted by Gasteiger charge is -2.30. The molecule has 0 amide bonds. The first-order chi connectivity index (χ1) is 15.3. The molecule has 0 bridgehead atoms. The van der Waals surface area contributed by atoms with Crippen molar-refractivity contribution in [3.05, 3.63) is 82.9 Å². The standard InChI is InChI=1S/C23H28N2O6S/c1-3-5-15-24(32(29,30)22-13-11-20(12-14-22)25(27)28)21(18-23(26)31-16-4-2)17-19-9-7-6-8-10-19/h4,6-14,21H,2-3,5,15-18H2,1H3. The van der Waals surface area contributed by atoms with Crippen molar-refractivity contribution in [3.63, 3.8) is 0 Å². The van der Waals surface area contributed by atoms with Gasteiger partial charge in [-0.3, -0.25) is 14.9 Å². The fraction of sp³-hybridized carbons (Fsp3) is 0.348. The number of sulfonamides is 1. The second kappa shape index (κ2) is 12.1. The summed E-state index contributed by atoms with van der Waals surface area (Å²) in [7, 11) is -4.02. The summed E-state index contributed by atoms with van der Waals surface area (Å²) in [5.41, 5.74) is 0.687. The van der Waals surface area contributed by atoms with Crippen molar-refractivity contribution in [2.24, 2.45) is 0 Å². The fourth-order valence-electron chi connectivity index (χ4n) is 3.25. The van der Waals surface area contributed by atoms with Gasteiger partial charge in [-0.15, -0.1) is 0 Å². The summed E-state index contributed by atoms with van der Waals surface area (Å²) in [4.78, 5) is 22.7. The Bertz CT molecular complexity index is 1010. The summed E-state index contributed by atoms with van der Waals surface area (Å²) in [6.45, 7) is 5.72. The van der Waals surface area contributed by atoms with Crippen molar-refractivity contribution >= 4 is 21.7 Å². The number of rotatable bonds is 13. The maximum Gasteiger partial charge on any atom is 0.307 e. The number of hydrogen-bond acceptors (Lipinski definition) is 6. The van der Waals surface area contributed by atoms with E-state index in [1.165, 1.54) is 22.5 Å². The molecule has 0 aliphatic rings. The molecule has 0 saturated carbocycles. The number of nitrogens with zero attached hydrogens (tertiary/aromatic N) is 2. The van der Waals surface area contributed by atoms with Gasteiger partial charge in [0.2, 0.25) is 10.0 Å². The summed E-state index contributed by atoms with van der Waals surface area (Å²) in [5, 5.41) is 10.9. The molecule has 8 nitrogen and oxygen atoms in total. The average molecular weight is 461 g/mol. The summed E-state index contributed by atoms with van der Waals surface area (Å²) in [6.07, 6.45) is 3.00. The van der Waals surface area contributed by atoms with Gasteiger partial charge in [0.25, 0.3) is 5.69 Å². The summed E-state index contributed by atoms with van der Waals surface area (Å²) in [6, 6.07) is 13.4. The zero-order valence-electron chi connectivity index (χ0n) is 18.1. The normalized spacial score (nSPS) is 12.3. The third kappa shape index (κ3) is 7.00. The van der Waals surface area contributed by atoms with Crippen molar-refractivity contribution in [2.75, 3.05) is 13.2 Å². The van der Waals surface area contributed by atoms with Crippen LogP contribution in [0.1, 0.15) is 31.7 Å². The largest absolute Gasteiger partial charge is 0.461 e. The molecule has 0 radical (unpaired) electrons. The third-order valence-electron chi connectivity index (χ3n) is 4.87. The minimum atomic E-state index is -4.02. The molecule has 0 N–H and O–H groups in total. The van der Waals surface area contributed by atoms with Crippen LogP contribution in [0.3, 0.4) is 0 Å². The van der Waals surface area contributed by atoms with Crippen LogP contribution >= 0.6 is 0 Å². The Kier molecular flexibility index (Phi) is 9.55. The van der Waals surface area contributed by atoms with Crippen molar-refractivity contribution in [2.45, 2.75) is 43.5 Å². The molecule has 0 aliphatic carbocycles. The molecule has 2 aromatic rings. The van der Waals surface area contributed by atoms with Gasteiger partial charge < -0.3 is 4.74 Å². The maximum absolute atomic E-state index is 13.5. The smallest absolute Gasteiger partial charge is 0.307 e. The van der Waals surface area contributed by atoms with E-state index < -0.39 is 27.0 Å². The van der Waals surface area contributed by atoms with Crippen LogP contribution in [0.4, 0.5) is 5.69 Å². The lowest BCUT2D eigenvalue weighted by atomic mass is 10.0. The molecular formula is C23H28N2O6S. The highest BCUT2D eigenvalue weighted by Crippen LogP contribution is 2.25. The van der Waals surface area contributed by atoms with Gasteiger partial charge in [-0.1, -0.05) is 56.3 Å². The summed E-state index contributed by atoms with van der Waals surface area (Å²) < 4.78 is 33.5. The van der Waals surface area contributed by atoms with E-state index in [2.05, 4.69) is 6.58 Å². The number of ether oxygens (including phenoxy) is 1. The molecule has 2 rings (SSSR count). The Morgan fingerprint density at radius 2 is 1.84 bits per heavy atom. The van der Waals surface area contributed by atoms with Crippen molar-refractivity contribution in [1.82, 2.24) is 4.31 Å². The van der Waals surface area contributed by atoms with Gasteiger partial charge in [0.15, 0.2) is 0 Å². The number of hydrogen-bond donors (Lipinski definition) is 0. The Labute approximate surface area is 188 Å². The number of non-ortho nitro benzene ring substituents is 1. The zero-order valence-corrected chi connectivity index (χ0v) is 18.9. The molecule has 1 atom stereocenters. The number of esters is 1. The number of carbonyl (C=O) groups is 1. The predicted octanol–water partition coefficient (Wildman–Crippen LogP) is 4.12. The van der Waals surface area contributed by atoms with Crippen molar-refractivity contribution < 1.29 is 22.9 Å². The van der Waals surface area contributed by atoms with Gasteiger partial charge in [0.1, 0.15) is 6.61 Å². The molecule has 0 spiro atoms. The molecule has 172 valence electrons. The molecule has 0 aromatic heterocycles. The predicted molar refractivity (Wildman–Crippen MR) is 122 cm³/mol. The van der Waals surface area contributed by atoms with E-state index in [0.717, 1.165) is 24.1 Å².